The largest absolute Gasteiger partial charge is 0.376 e. The molecule has 1 heterocycles. The molecule has 0 spiro atoms. The van der Waals surface area contributed by atoms with Gasteiger partial charge in [0.2, 0.25) is 0 Å². The molecule has 2 rings (SSSR count). The zero-order valence-electron chi connectivity index (χ0n) is 12.8. The average Bonchev–Trinajstić information content (AvgIpc) is 2.91. The summed E-state index contributed by atoms with van der Waals surface area (Å²) in [4.78, 5) is 14.4. The lowest BCUT2D eigenvalue weighted by Crippen LogP contribution is -2.41. The number of nitrogens with zero attached hydrogens (tertiary/aromatic N) is 1. The quantitative estimate of drug-likeness (QED) is 0.839. The standard InChI is InChI=1S/C17H22N2O2/c1-12-6-7-15(11-14(12)5-4-9-18)17(20)19(3)16-8-10-21-13(16)2/h6-7,11,13,16H,8-10,18H2,1-3H3. The Morgan fingerprint density at radius 1 is 1.52 bits per heavy atom. The Bertz CT molecular complexity index is 586. The maximum absolute atomic E-state index is 12.6. The van der Waals surface area contributed by atoms with E-state index >= 15 is 0 Å². The van der Waals surface area contributed by atoms with Crippen molar-refractivity contribution < 1.29 is 9.53 Å². The van der Waals surface area contributed by atoms with Gasteiger partial charge in [0.25, 0.3) is 5.91 Å². The summed E-state index contributed by atoms with van der Waals surface area (Å²) in [6.45, 7) is 5.01. The van der Waals surface area contributed by atoms with Crippen LogP contribution in [0.3, 0.4) is 0 Å². The van der Waals surface area contributed by atoms with Crippen LogP contribution in [0.5, 0.6) is 0 Å². The molecular weight excluding hydrogens is 264 g/mol. The van der Waals surface area contributed by atoms with Gasteiger partial charge in [0.05, 0.1) is 18.7 Å². The number of rotatable bonds is 2. The van der Waals surface area contributed by atoms with Gasteiger partial charge < -0.3 is 15.4 Å². The summed E-state index contributed by atoms with van der Waals surface area (Å²) < 4.78 is 5.54. The van der Waals surface area contributed by atoms with Crippen LogP contribution in [0.25, 0.3) is 0 Å². The normalized spacial score (nSPS) is 20.8. The zero-order chi connectivity index (χ0) is 15.4. The highest BCUT2D eigenvalue weighted by atomic mass is 16.5. The lowest BCUT2D eigenvalue weighted by atomic mass is 10.0. The molecule has 1 saturated heterocycles. The van der Waals surface area contributed by atoms with Crippen LogP contribution in [0.4, 0.5) is 0 Å². The highest BCUT2D eigenvalue weighted by Gasteiger charge is 2.31. The second-order valence-corrected chi connectivity index (χ2v) is 5.38. The second-order valence-electron chi connectivity index (χ2n) is 5.38. The Morgan fingerprint density at radius 3 is 2.90 bits per heavy atom. The zero-order valence-corrected chi connectivity index (χ0v) is 12.8. The summed E-state index contributed by atoms with van der Waals surface area (Å²) in [6, 6.07) is 5.76. The molecule has 1 aliphatic rings. The first-order valence-electron chi connectivity index (χ1n) is 7.23. The summed E-state index contributed by atoms with van der Waals surface area (Å²) in [6.07, 6.45) is 0.968. The van der Waals surface area contributed by atoms with Crippen LogP contribution in [-0.4, -0.2) is 43.2 Å². The van der Waals surface area contributed by atoms with Gasteiger partial charge in [0.1, 0.15) is 0 Å². The van der Waals surface area contributed by atoms with Crippen LogP contribution in [0, 0.1) is 18.8 Å². The molecule has 2 unspecified atom stereocenters. The van der Waals surface area contributed by atoms with Gasteiger partial charge >= 0.3 is 0 Å². The second kappa shape index (κ2) is 6.75. The molecule has 0 bridgehead atoms. The van der Waals surface area contributed by atoms with Gasteiger partial charge in [-0.2, -0.15) is 0 Å². The number of nitrogens with two attached hydrogens (primary N) is 1. The number of hydrogen-bond donors (Lipinski definition) is 1. The number of benzene rings is 1. The van der Waals surface area contributed by atoms with Crippen molar-refractivity contribution in [1.29, 1.82) is 0 Å². The van der Waals surface area contributed by atoms with Crippen molar-refractivity contribution in [1.82, 2.24) is 4.90 Å². The average molecular weight is 286 g/mol. The Balaban J connectivity index is 2.22. The minimum Gasteiger partial charge on any atom is -0.376 e. The molecular formula is C17H22N2O2. The number of carbonyl (C=O) groups excluding carboxylic acids is 1. The van der Waals surface area contributed by atoms with E-state index in [9.17, 15) is 4.79 Å². The minimum absolute atomic E-state index is 0.00754. The molecule has 2 N–H and O–H groups in total. The predicted molar refractivity (Wildman–Crippen MR) is 83.0 cm³/mol. The van der Waals surface area contributed by atoms with Gasteiger partial charge in [-0.3, -0.25) is 4.79 Å². The van der Waals surface area contributed by atoms with Gasteiger partial charge in [0.15, 0.2) is 0 Å². The molecule has 0 saturated carbocycles. The van der Waals surface area contributed by atoms with E-state index in [1.165, 1.54) is 0 Å². The van der Waals surface area contributed by atoms with Crippen molar-refractivity contribution in [2.24, 2.45) is 5.73 Å². The first-order chi connectivity index (χ1) is 10.0. The van der Waals surface area contributed by atoms with Gasteiger partial charge in [0, 0.05) is 24.8 Å². The molecule has 21 heavy (non-hydrogen) atoms. The summed E-state index contributed by atoms with van der Waals surface area (Å²) in [7, 11) is 1.84. The summed E-state index contributed by atoms with van der Waals surface area (Å²) >= 11 is 0. The van der Waals surface area contributed by atoms with Crippen LogP contribution in [0.2, 0.25) is 0 Å². The van der Waals surface area contributed by atoms with Crippen LogP contribution in [0.15, 0.2) is 18.2 Å². The topological polar surface area (TPSA) is 55.6 Å². The van der Waals surface area contributed by atoms with E-state index in [2.05, 4.69) is 11.8 Å². The number of carbonyl (C=O) groups is 1. The fraction of sp³-hybridized carbons (Fsp3) is 0.471. The van der Waals surface area contributed by atoms with Crippen molar-refractivity contribution in [3.05, 3.63) is 34.9 Å². The SMILES string of the molecule is Cc1ccc(C(=O)N(C)C2CCOC2C)cc1C#CCN. The van der Waals surface area contributed by atoms with E-state index < -0.39 is 0 Å². The van der Waals surface area contributed by atoms with Gasteiger partial charge in [-0.25, -0.2) is 0 Å². The Labute approximate surface area is 126 Å². The highest BCUT2D eigenvalue weighted by Crippen LogP contribution is 2.21. The van der Waals surface area contributed by atoms with Crippen molar-refractivity contribution in [3.8, 4) is 11.8 Å². The van der Waals surface area contributed by atoms with Crippen LogP contribution in [-0.2, 0) is 4.74 Å². The summed E-state index contributed by atoms with van der Waals surface area (Å²) in [5, 5.41) is 0. The minimum atomic E-state index is 0.00754. The van der Waals surface area contributed by atoms with Crippen molar-refractivity contribution >= 4 is 5.91 Å². The van der Waals surface area contributed by atoms with E-state index in [1.54, 1.807) is 4.90 Å². The monoisotopic (exact) mass is 286 g/mol. The Morgan fingerprint density at radius 2 is 2.29 bits per heavy atom. The summed E-state index contributed by atoms with van der Waals surface area (Å²) in [5.74, 6) is 5.86. The van der Waals surface area contributed by atoms with E-state index in [0.717, 1.165) is 17.5 Å². The van der Waals surface area contributed by atoms with E-state index in [0.29, 0.717) is 18.7 Å². The molecule has 1 fully saturated rings. The molecule has 1 amide bonds. The van der Waals surface area contributed by atoms with Crippen molar-refractivity contribution in [3.63, 3.8) is 0 Å². The first-order valence-corrected chi connectivity index (χ1v) is 7.23. The van der Waals surface area contributed by atoms with E-state index in [1.807, 2.05) is 39.1 Å². The van der Waals surface area contributed by atoms with E-state index in [4.69, 9.17) is 10.5 Å². The third-order valence-electron chi connectivity index (χ3n) is 3.96. The molecule has 0 radical (unpaired) electrons. The third-order valence-corrected chi connectivity index (χ3v) is 3.96. The molecule has 2 atom stereocenters. The van der Waals surface area contributed by atoms with Crippen molar-refractivity contribution in [2.75, 3.05) is 20.2 Å². The van der Waals surface area contributed by atoms with Gasteiger partial charge in [-0.15, -0.1) is 0 Å². The maximum Gasteiger partial charge on any atom is 0.253 e. The fourth-order valence-corrected chi connectivity index (χ4v) is 2.62. The first kappa shape index (κ1) is 15.6. The number of likely N-dealkylation sites (N-methyl/N-ethyl adjacent to an activating group) is 1. The van der Waals surface area contributed by atoms with Crippen molar-refractivity contribution in [2.45, 2.75) is 32.4 Å². The number of aryl methyl sites for hydroxylation is 1. The van der Waals surface area contributed by atoms with Crippen LogP contribution in [0.1, 0.15) is 34.8 Å². The number of ether oxygens (including phenoxy) is 1. The Kier molecular flexibility index (Phi) is 5.00. The van der Waals surface area contributed by atoms with Gasteiger partial charge in [-0.05, 0) is 38.0 Å². The molecule has 0 aromatic heterocycles. The smallest absolute Gasteiger partial charge is 0.253 e. The molecule has 1 aromatic rings. The van der Waals surface area contributed by atoms with E-state index in [-0.39, 0.29) is 18.1 Å². The highest BCUT2D eigenvalue weighted by molar-refractivity contribution is 5.94. The molecule has 1 aliphatic heterocycles. The number of hydrogen-bond acceptors (Lipinski definition) is 3. The Hall–Kier alpha value is -1.83. The molecule has 4 heteroatoms. The van der Waals surface area contributed by atoms with Crippen LogP contribution >= 0.6 is 0 Å². The number of amides is 1. The van der Waals surface area contributed by atoms with Crippen LogP contribution < -0.4 is 5.73 Å². The fourth-order valence-electron chi connectivity index (χ4n) is 2.62. The molecule has 112 valence electrons. The maximum atomic E-state index is 12.6. The third kappa shape index (κ3) is 3.44. The summed E-state index contributed by atoms with van der Waals surface area (Å²) in [5.41, 5.74) is 7.97. The predicted octanol–water partition coefficient (Wildman–Crippen LogP) is 1.55. The molecule has 4 nitrogen and oxygen atoms in total. The lowest BCUT2D eigenvalue weighted by molar-refractivity contribution is 0.0574. The lowest BCUT2D eigenvalue weighted by Gasteiger charge is -2.27. The molecule has 0 aliphatic carbocycles. The molecule has 1 aromatic carbocycles. The van der Waals surface area contributed by atoms with Gasteiger partial charge in [-0.1, -0.05) is 17.9 Å².